The molecule has 0 aliphatic carbocycles. The number of halogens is 1. The molecular weight excluding hydrogens is 284 g/mol. The van der Waals surface area contributed by atoms with E-state index in [-0.39, 0.29) is 12.0 Å². The fourth-order valence-electron chi connectivity index (χ4n) is 2.24. The van der Waals surface area contributed by atoms with Crippen LogP contribution < -0.4 is 4.74 Å². The number of para-hydroxylation sites is 1. The molecule has 0 amide bonds. The molecule has 0 saturated heterocycles. The van der Waals surface area contributed by atoms with Crippen LogP contribution in [0.4, 0.5) is 0 Å². The summed E-state index contributed by atoms with van der Waals surface area (Å²) in [5.74, 6) is 1.31. The number of aliphatic hydroxyl groups excluding tert-OH is 1. The van der Waals surface area contributed by atoms with Crippen LogP contribution >= 0.6 is 11.6 Å². The molecular formula is C18H21ClO2. The lowest BCUT2D eigenvalue weighted by molar-refractivity contribution is 0.276. The maximum absolute atomic E-state index is 9.47. The van der Waals surface area contributed by atoms with Gasteiger partial charge in [0.2, 0.25) is 0 Å². The smallest absolute Gasteiger partial charge is 0.151 e. The van der Waals surface area contributed by atoms with E-state index in [4.69, 9.17) is 16.3 Å². The van der Waals surface area contributed by atoms with Crippen LogP contribution in [0.5, 0.6) is 11.5 Å². The first kappa shape index (κ1) is 15.9. The molecule has 0 saturated carbocycles. The standard InChI is InChI=1S/C18H21ClO2/c1-12-8-9-14(18(2,3)4)16(10-12)21-17-13(11-20)6-5-7-15(17)19/h5-10,20H,11H2,1-4H3. The molecule has 112 valence electrons. The minimum Gasteiger partial charge on any atom is -0.455 e. The molecule has 0 radical (unpaired) electrons. The van der Waals surface area contributed by atoms with Crippen molar-refractivity contribution in [3.05, 3.63) is 58.1 Å². The molecule has 0 atom stereocenters. The van der Waals surface area contributed by atoms with E-state index >= 15 is 0 Å². The molecule has 0 spiro atoms. The number of benzene rings is 2. The van der Waals surface area contributed by atoms with Crippen molar-refractivity contribution < 1.29 is 9.84 Å². The van der Waals surface area contributed by atoms with Crippen LogP contribution in [0.3, 0.4) is 0 Å². The van der Waals surface area contributed by atoms with Crippen molar-refractivity contribution in [3.63, 3.8) is 0 Å². The van der Waals surface area contributed by atoms with Crippen molar-refractivity contribution >= 4 is 11.6 Å². The van der Waals surface area contributed by atoms with Gasteiger partial charge in [0.1, 0.15) is 5.75 Å². The van der Waals surface area contributed by atoms with E-state index in [0.717, 1.165) is 16.9 Å². The zero-order valence-electron chi connectivity index (χ0n) is 12.9. The first-order valence-corrected chi connectivity index (χ1v) is 7.38. The summed E-state index contributed by atoms with van der Waals surface area (Å²) in [6.45, 7) is 8.35. The Morgan fingerprint density at radius 1 is 1.14 bits per heavy atom. The Morgan fingerprint density at radius 3 is 2.48 bits per heavy atom. The molecule has 0 aliphatic heterocycles. The normalized spacial score (nSPS) is 11.5. The third-order valence-corrected chi connectivity index (χ3v) is 3.67. The molecule has 2 aromatic carbocycles. The quantitative estimate of drug-likeness (QED) is 0.841. The van der Waals surface area contributed by atoms with Gasteiger partial charge in [-0.3, -0.25) is 0 Å². The summed E-state index contributed by atoms with van der Waals surface area (Å²) in [7, 11) is 0. The molecule has 0 heterocycles. The number of rotatable bonds is 3. The highest BCUT2D eigenvalue weighted by atomic mass is 35.5. The van der Waals surface area contributed by atoms with Gasteiger partial charge in [-0.25, -0.2) is 0 Å². The maximum Gasteiger partial charge on any atom is 0.151 e. The summed E-state index contributed by atoms with van der Waals surface area (Å²) in [6.07, 6.45) is 0. The molecule has 2 aromatic rings. The van der Waals surface area contributed by atoms with Crippen LogP contribution in [0.2, 0.25) is 5.02 Å². The second kappa shape index (κ2) is 6.08. The van der Waals surface area contributed by atoms with E-state index in [1.54, 1.807) is 6.07 Å². The minimum atomic E-state index is -0.105. The maximum atomic E-state index is 9.47. The van der Waals surface area contributed by atoms with Gasteiger partial charge in [-0.15, -0.1) is 0 Å². The Hall–Kier alpha value is -1.51. The Kier molecular flexibility index (Phi) is 4.60. The van der Waals surface area contributed by atoms with Crippen LogP contribution in [0, 0.1) is 6.92 Å². The molecule has 0 aliphatic rings. The van der Waals surface area contributed by atoms with E-state index in [0.29, 0.717) is 16.3 Å². The van der Waals surface area contributed by atoms with Crippen LogP contribution in [0.1, 0.15) is 37.5 Å². The van der Waals surface area contributed by atoms with Crippen LogP contribution in [0.15, 0.2) is 36.4 Å². The fraction of sp³-hybridized carbons (Fsp3) is 0.333. The number of aryl methyl sites for hydroxylation is 1. The SMILES string of the molecule is Cc1ccc(C(C)(C)C)c(Oc2c(Cl)cccc2CO)c1. The second-order valence-electron chi connectivity index (χ2n) is 6.24. The van der Waals surface area contributed by atoms with Crippen molar-refractivity contribution in [2.24, 2.45) is 0 Å². The molecule has 0 aromatic heterocycles. The molecule has 21 heavy (non-hydrogen) atoms. The first-order chi connectivity index (χ1) is 9.82. The number of hydrogen-bond acceptors (Lipinski definition) is 2. The molecule has 0 fully saturated rings. The third kappa shape index (κ3) is 3.58. The highest BCUT2D eigenvalue weighted by molar-refractivity contribution is 6.32. The van der Waals surface area contributed by atoms with Crippen molar-refractivity contribution in [3.8, 4) is 11.5 Å². The zero-order chi connectivity index (χ0) is 15.6. The van der Waals surface area contributed by atoms with Gasteiger partial charge in [-0.05, 0) is 30.0 Å². The molecule has 3 heteroatoms. The van der Waals surface area contributed by atoms with Crippen LogP contribution in [-0.4, -0.2) is 5.11 Å². The summed E-state index contributed by atoms with van der Waals surface area (Å²) in [4.78, 5) is 0. The second-order valence-corrected chi connectivity index (χ2v) is 6.65. The molecule has 0 unspecified atom stereocenters. The van der Waals surface area contributed by atoms with E-state index in [9.17, 15) is 5.11 Å². The van der Waals surface area contributed by atoms with Crippen molar-refractivity contribution in [2.75, 3.05) is 0 Å². The van der Waals surface area contributed by atoms with E-state index in [2.05, 4.69) is 32.9 Å². The van der Waals surface area contributed by atoms with Gasteiger partial charge in [0, 0.05) is 11.1 Å². The summed E-state index contributed by atoms with van der Waals surface area (Å²) < 4.78 is 6.08. The first-order valence-electron chi connectivity index (χ1n) is 7.00. The van der Waals surface area contributed by atoms with Gasteiger partial charge >= 0.3 is 0 Å². The Balaban J connectivity index is 2.52. The largest absolute Gasteiger partial charge is 0.455 e. The Morgan fingerprint density at radius 2 is 1.86 bits per heavy atom. The molecule has 0 bridgehead atoms. The lowest BCUT2D eigenvalue weighted by atomic mass is 9.86. The van der Waals surface area contributed by atoms with Crippen molar-refractivity contribution in [1.29, 1.82) is 0 Å². The van der Waals surface area contributed by atoms with Crippen LogP contribution in [0.25, 0.3) is 0 Å². The summed E-state index contributed by atoms with van der Waals surface area (Å²) in [5.41, 5.74) is 2.88. The van der Waals surface area contributed by atoms with Crippen molar-refractivity contribution in [2.45, 2.75) is 39.7 Å². The summed E-state index contributed by atoms with van der Waals surface area (Å²) in [6, 6.07) is 11.6. The predicted octanol–water partition coefficient (Wildman–Crippen LogP) is 5.23. The van der Waals surface area contributed by atoms with Gasteiger partial charge in [0.05, 0.1) is 11.6 Å². The lowest BCUT2D eigenvalue weighted by Gasteiger charge is -2.24. The summed E-state index contributed by atoms with van der Waals surface area (Å²) >= 11 is 6.23. The van der Waals surface area contributed by atoms with Crippen molar-refractivity contribution in [1.82, 2.24) is 0 Å². The van der Waals surface area contributed by atoms with Gasteiger partial charge in [0.25, 0.3) is 0 Å². The number of ether oxygens (including phenoxy) is 1. The van der Waals surface area contributed by atoms with Crippen LogP contribution in [-0.2, 0) is 12.0 Å². The lowest BCUT2D eigenvalue weighted by Crippen LogP contribution is -2.13. The molecule has 2 rings (SSSR count). The van der Waals surface area contributed by atoms with E-state index < -0.39 is 0 Å². The van der Waals surface area contributed by atoms with Gasteiger partial charge in [0.15, 0.2) is 5.75 Å². The predicted molar refractivity (Wildman–Crippen MR) is 87.3 cm³/mol. The Bertz CT molecular complexity index is 642. The van der Waals surface area contributed by atoms with E-state index in [1.165, 1.54) is 0 Å². The average molecular weight is 305 g/mol. The Labute approximate surface area is 131 Å². The highest BCUT2D eigenvalue weighted by Crippen LogP contribution is 2.38. The molecule has 2 nitrogen and oxygen atoms in total. The third-order valence-electron chi connectivity index (χ3n) is 3.38. The van der Waals surface area contributed by atoms with Gasteiger partial charge in [-0.1, -0.05) is 56.6 Å². The molecule has 1 N–H and O–H groups in total. The summed E-state index contributed by atoms with van der Waals surface area (Å²) in [5, 5.41) is 9.97. The van der Waals surface area contributed by atoms with E-state index in [1.807, 2.05) is 25.1 Å². The number of aliphatic hydroxyl groups is 1. The fourth-order valence-corrected chi connectivity index (χ4v) is 2.47. The minimum absolute atomic E-state index is 0.0380. The highest BCUT2D eigenvalue weighted by Gasteiger charge is 2.20. The zero-order valence-corrected chi connectivity index (χ0v) is 13.7. The monoisotopic (exact) mass is 304 g/mol. The van der Waals surface area contributed by atoms with Gasteiger partial charge < -0.3 is 9.84 Å². The van der Waals surface area contributed by atoms with Gasteiger partial charge in [-0.2, -0.15) is 0 Å². The number of hydrogen-bond donors (Lipinski definition) is 1. The topological polar surface area (TPSA) is 29.5 Å². The average Bonchev–Trinajstić information content (AvgIpc) is 2.39.